The Morgan fingerprint density at radius 3 is 2.67 bits per heavy atom. The number of ether oxygens (including phenoxy) is 3. The molecule has 2 bridgehead atoms. The second-order valence-corrected chi connectivity index (χ2v) is 10.5. The summed E-state index contributed by atoms with van der Waals surface area (Å²) in [6, 6.07) is 0. The lowest BCUT2D eigenvalue weighted by molar-refractivity contribution is -0.166. The van der Waals surface area contributed by atoms with Crippen LogP contribution in [0, 0.1) is 11.3 Å². The first-order valence-corrected chi connectivity index (χ1v) is 13.0. The number of fused-ring (bicyclic) bond motifs is 4. The second kappa shape index (κ2) is 10.4. The first-order valence-electron chi connectivity index (χ1n) is 12.6. The average Bonchev–Trinajstić information content (AvgIpc) is 3.51. The van der Waals surface area contributed by atoms with Gasteiger partial charge < -0.3 is 29.7 Å². The van der Waals surface area contributed by atoms with Crippen molar-refractivity contribution in [3.8, 4) is 0 Å². The zero-order chi connectivity index (χ0) is 25.3. The highest BCUT2D eigenvalue weighted by Crippen LogP contribution is 2.50. The van der Waals surface area contributed by atoms with Crippen molar-refractivity contribution in [2.24, 2.45) is 11.3 Å². The summed E-state index contributed by atoms with van der Waals surface area (Å²) >= 11 is 6.14. The molecule has 5 aliphatic rings. The number of carbonyl (C=O) groups excluding carboxylic acids is 3. The van der Waals surface area contributed by atoms with Crippen LogP contribution in [0.15, 0.2) is 0 Å². The largest absolute Gasteiger partial charge is 0.463 e. The Bertz CT molecular complexity index is 1020. The molecule has 196 valence electrons. The molecular weight excluding hydrogens is 490 g/mol. The van der Waals surface area contributed by atoms with Crippen molar-refractivity contribution in [2.75, 3.05) is 42.5 Å². The van der Waals surface area contributed by atoms with Crippen molar-refractivity contribution >= 4 is 46.8 Å². The Kier molecular flexibility index (Phi) is 7.21. The number of nitrogens with one attached hydrogen (secondary N) is 2. The van der Waals surface area contributed by atoms with Gasteiger partial charge >= 0.3 is 11.9 Å². The van der Waals surface area contributed by atoms with Crippen molar-refractivity contribution in [1.29, 1.82) is 0 Å². The van der Waals surface area contributed by atoms with E-state index < -0.39 is 18.0 Å². The third kappa shape index (κ3) is 5.08. The topological polar surface area (TPSA) is 132 Å². The molecule has 2 atom stereocenters. The fourth-order valence-corrected chi connectivity index (χ4v) is 5.86. The third-order valence-electron chi connectivity index (χ3n) is 8.01. The Hall–Kier alpha value is -2.66. The van der Waals surface area contributed by atoms with Crippen LogP contribution in [0.5, 0.6) is 0 Å². The number of esters is 2. The lowest BCUT2D eigenvalue weighted by Crippen LogP contribution is -2.42. The molecule has 2 aliphatic heterocycles. The minimum absolute atomic E-state index is 0.0140. The third-order valence-corrected chi connectivity index (χ3v) is 8.18. The molecule has 0 aromatic carbocycles. The van der Waals surface area contributed by atoms with Crippen LogP contribution in [0.2, 0.25) is 5.28 Å². The van der Waals surface area contributed by atoms with Gasteiger partial charge in [0, 0.05) is 26.5 Å². The summed E-state index contributed by atoms with van der Waals surface area (Å²) in [5.74, 6) is 0.649. The van der Waals surface area contributed by atoms with Crippen molar-refractivity contribution in [2.45, 2.75) is 70.0 Å². The number of carbonyl (C=O) groups is 3. The van der Waals surface area contributed by atoms with Gasteiger partial charge in [-0.3, -0.25) is 14.4 Å². The summed E-state index contributed by atoms with van der Waals surface area (Å²) in [5.41, 5.74) is 0.250. The van der Waals surface area contributed by atoms with Crippen LogP contribution in [-0.2, 0) is 28.6 Å². The number of rotatable bonds is 9. The molecular formula is C24H32ClN5O6. The van der Waals surface area contributed by atoms with E-state index in [1.807, 2.05) is 4.90 Å². The van der Waals surface area contributed by atoms with Gasteiger partial charge in [-0.25, -0.2) is 0 Å². The van der Waals surface area contributed by atoms with E-state index in [0.29, 0.717) is 37.6 Å². The van der Waals surface area contributed by atoms with Crippen LogP contribution in [0.4, 0.5) is 17.3 Å². The maximum Gasteiger partial charge on any atom is 0.312 e. The summed E-state index contributed by atoms with van der Waals surface area (Å²) in [6.45, 7) is 1.20. The molecule has 0 radical (unpaired) electrons. The normalized spacial score (nSPS) is 27.3. The maximum atomic E-state index is 12.9. The number of aromatic nitrogens is 2. The summed E-state index contributed by atoms with van der Waals surface area (Å²) in [5, 5.41) is 5.88. The SMILES string of the molecule is COC(CCN1CNc2c(NC(=O)C3CCC(=O)O3)nc(Cl)nc21)COC(=O)C12CCC(CC1)CC2. The van der Waals surface area contributed by atoms with Gasteiger partial charge in [-0.1, -0.05) is 0 Å². The van der Waals surface area contributed by atoms with Crippen molar-refractivity contribution in [3.05, 3.63) is 5.28 Å². The minimum Gasteiger partial charge on any atom is -0.463 e. The minimum atomic E-state index is -0.840. The van der Waals surface area contributed by atoms with Crippen LogP contribution in [-0.4, -0.2) is 67.0 Å². The summed E-state index contributed by atoms with van der Waals surface area (Å²) in [4.78, 5) is 47.2. The van der Waals surface area contributed by atoms with Gasteiger partial charge in [0.15, 0.2) is 17.7 Å². The quantitative estimate of drug-likeness (QED) is 0.369. The lowest BCUT2D eigenvalue weighted by atomic mass is 9.61. The molecule has 3 saturated carbocycles. The highest BCUT2D eigenvalue weighted by atomic mass is 35.5. The number of anilines is 3. The lowest BCUT2D eigenvalue weighted by Gasteiger charge is -2.44. The molecule has 1 saturated heterocycles. The second-order valence-electron chi connectivity index (χ2n) is 10.2. The van der Waals surface area contributed by atoms with Crippen LogP contribution < -0.4 is 15.5 Å². The maximum absolute atomic E-state index is 12.9. The monoisotopic (exact) mass is 521 g/mol. The number of methoxy groups -OCH3 is 1. The molecule has 1 aromatic heterocycles. The number of cyclic esters (lactones) is 1. The van der Waals surface area contributed by atoms with E-state index in [1.165, 1.54) is 0 Å². The average molecular weight is 522 g/mol. The first-order chi connectivity index (χ1) is 17.4. The highest BCUT2D eigenvalue weighted by Gasteiger charge is 2.47. The van der Waals surface area contributed by atoms with Crippen LogP contribution in [0.3, 0.4) is 0 Å². The molecule has 12 heteroatoms. The summed E-state index contributed by atoms with van der Waals surface area (Å²) in [7, 11) is 1.61. The molecule has 1 amide bonds. The van der Waals surface area contributed by atoms with E-state index in [-0.39, 0.29) is 41.6 Å². The van der Waals surface area contributed by atoms with Crippen molar-refractivity contribution < 1.29 is 28.6 Å². The molecule has 3 aliphatic carbocycles. The van der Waals surface area contributed by atoms with Gasteiger partial charge in [0.1, 0.15) is 12.3 Å². The summed E-state index contributed by atoms with van der Waals surface area (Å²) < 4.78 is 16.4. The van der Waals surface area contributed by atoms with E-state index in [2.05, 4.69) is 20.6 Å². The number of nitrogens with zero attached hydrogens (tertiary/aromatic N) is 3. The van der Waals surface area contributed by atoms with Gasteiger partial charge in [0.25, 0.3) is 5.91 Å². The first kappa shape index (κ1) is 25.0. The highest BCUT2D eigenvalue weighted by molar-refractivity contribution is 6.28. The Balaban J connectivity index is 1.16. The predicted octanol–water partition coefficient (Wildman–Crippen LogP) is 2.88. The molecule has 3 heterocycles. The van der Waals surface area contributed by atoms with Crippen LogP contribution in [0.25, 0.3) is 0 Å². The van der Waals surface area contributed by atoms with Crippen LogP contribution in [0.1, 0.15) is 57.8 Å². The molecule has 4 fully saturated rings. The molecule has 1 aromatic rings. The van der Waals surface area contributed by atoms with Crippen molar-refractivity contribution in [3.63, 3.8) is 0 Å². The molecule has 6 rings (SSSR count). The summed E-state index contributed by atoms with van der Waals surface area (Å²) in [6.07, 6.45) is 6.23. The molecule has 36 heavy (non-hydrogen) atoms. The van der Waals surface area contributed by atoms with Crippen molar-refractivity contribution in [1.82, 2.24) is 9.97 Å². The fraction of sp³-hybridized carbons (Fsp3) is 0.708. The number of hydrogen-bond donors (Lipinski definition) is 2. The standard InChI is InChI=1S/C24H32ClN5O6/c1-34-15(12-35-22(33)24-8-4-14(5-9-24)6-10-24)7-11-30-13-26-18-19(28-23(25)29-20(18)30)27-21(32)16-2-3-17(31)36-16/h14-16,26H,2-13H2,1H3,(H,27,28,29,32). The predicted molar refractivity (Wildman–Crippen MR) is 131 cm³/mol. The van der Waals surface area contributed by atoms with E-state index in [1.54, 1.807) is 7.11 Å². The van der Waals surface area contributed by atoms with Gasteiger partial charge in [0.2, 0.25) is 5.28 Å². The van der Waals surface area contributed by atoms with E-state index in [0.717, 1.165) is 44.4 Å². The Labute approximate surface area is 214 Å². The molecule has 11 nitrogen and oxygen atoms in total. The molecule has 0 spiro atoms. The van der Waals surface area contributed by atoms with Gasteiger partial charge in [-0.05, 0) is 62.5 Å². The van der Waals surface area contributed by atoms with E-state index in [9.17, 15) is 14.4 Å². The Morgan fingerprint density at radius 2 is 2.00 bits per heavy atom. The number of hydrogen-bond acceptors (Lipinski definition) is 10. The zero-order valence-corrected chi connectivity index (χ0v) is 21.1. The Morgan fingerprint density at radius 1 is 1.25 bits per heavy atom. The fourth-order valence-electron chi connectivity index (χ4n) is 5.69. The van der Waals surface area contributed by atoms with Gasteiger partial charge in [-0.15, -0.1) is 0 Å². The molecule has 2 N–H and O–H groups in total. The smallest absolute Gasteiger partial charge is 0.312 e. The van der Waals surface area contributed by atoms with E-state index >= 15 is 0 Å². The number of amides is 1. The van der Waals surface area contributed by atoms with E-state index in [4.69, 9.17) is 25.8 Å². The van der Waals surface area contributed by atoms with Gasteiger partial charge in [0.05, 0.1) is 18.2 Å². The zero-order valence-electron chi connectivity index (χ0n) is 20.4. The van der Waals surface area contributed by atoms with Crippen LogP contribution >= 0.6 is 11.6 Å². The number of halogens is 1. The molecule has 2 unspecified atom stereocenters. The van der Waals surface area contributed by atoms with Gasteiger partial charge in [-0.2, -0.15) is 9.97 Å².